The highest BCUT2D eigenvalue weighted by Gasteiger charge is 2.29. The molecule has 0 bridgehead atoms. The zero-order valence-corrected chi connectivity index (χ0v) is 16.1. The van der Waals surface area contributed by atoms with Crippen LogP contribution in [0.25, 0.3) is 0 Å². The van der Waals surface area contributed by atoms with Crippen molar-refractivity contribution in [3.63, 3.8) is 0 Å². The van der Waals surface area contributed by atoms with Gasteiger partial charge < -0.3 is 4.74 Å². The topological polar surface area (TPSA) is 26.3 Å². The summed E-state index contributed by atoms with van der Waals surface area (Å²) in [5, 5.41) is 2.50. The Morgan fingerprint density at radius 2 is 1.33 bits per heavy atom. The Kier molecular flexibility index (Phi) is 5.37. The van der Waals surface area contributed by atoms with Crippen molar-refractivity contribution in [2.24, 2.45) is 0 Å². The lowest BCUT2D eigenvalue weighted by molar-refractivity contribution is 0.0740. The molecule has 0 saturated heterocycles. The van der Waals surface area contributed by atoms with Crippen LogP contribution in [-0.4, -0.2) is 5.97 Å². The lowest BCUT2D eigenvalue weighted by Gasteiger charge is -2.09. The first-order chi connectivity index (χ1) is 13.3. The van der Waals surface area contributed by atoms with E-state index in [9.17, 15) is 4.79 Å². The number of hydrogen-bond acceptors (Lipinski definition) is 3. The van der Waals surface area contributed by atoms with Crippen molar-refractivity contribution in [2.45, 2.75) is 14.7 Å². The normalized spacial score (nSPS) is 10.7. The molecule has 0 aliphatic heterocycles. The summed E-state index contributed by atoms with van der Waals surface area (Å²) >= 11 is 1.41. The van der Waals surface area contributed by atoms with Crippen molar-refractivity contribution in [1.82, 2.24) is 0 Å². The van der Waals surface area contributed by atoms with E-state index in [-0.39, 0.29) is 16.9 Å². The van der Waals surface area contributed by atoms with Crippen LogP contribution in [0.1, 0.15) is 10.4 Å². The predicted molar refractivity (Wildman–Crippen MR) is 111 cm³/mol. The number of thiophene rings is 1. The Balaban J connectivity index is 1.72. The van der Waals surface area contributed by atoms with E-state index < -0.39 is 0 Å². The molecule has 0 spiro atoms. The van der Waals surface area contributed by atoms with Crippen LogP contribution in [0.4, 0.5) is 0 Å². The van der Waals surface area contributed by atoms with Gasteiger partial charge >= 0.3 is 5.97 Å². The molecule has 0 aliphatic carbocycles. The van der Waals surface area contributed by atoms with Crippen molar-refractivity contribution < 1.29 is 9.53 Å². The van der Waals surface area contributed by atoms with Crippen molar-refractivity contribution in [3.05, 3.63) is 108 Å². The molecule has 0 unspecified atom stereocenters. The predicted octanol–water partition coefficient (Wildman–Crippen LogP) is 6.06. The Morgan fingerprint density at radius 1 is 0.704 bits per heavy atom. The van der Waals surface area contributed by atoms with Gasteiger partial charge in [0.2, 0.25) is 0 Å². The van der Waals surface area contributed by atoms with Gasteiger partial charge in [0.05, 0.1) is 16.5 Å². The van der Waals surface area contributed by atoms with E-state index in [0.29, 0.717) is 10.6 Å². The quantitative estimate of drug-likeness (QED) is 0.306. The summed E-state index contributed by atoms with van der Waals surface area (Å²) in [5.74, 6) is -0.330. The molecule has 0 atom stereocenters. The number of carbonyl (C=O) groups is 1. The first-order valence-corrected chi connectivity index (χ1v) is 10.6. The van der Waals surface area contributed by atoms with Gasteiger partial charge in [0, 0.05) is 6.07 Å². The molecule has 2 nitrogen and oxygen atoms in total. The molecule has 4 heteroatoms. The highest BCUT2D eigenvalue weighted by atomic mass is 32.2. The third kappa shape index (κ3) is 4.13. The fourth-order valence-corrected chi connectivity index (χ4v) is 5.45. The fourth-order valence-electron chi connectivity index (χ4n) is 2.74. The molecule has 0 amide bonds. The summed E-state index contributed by atoms with van der Waals surface area (Å²) in [7, 11) is -0.285. The first-order valence-electron chi connectivity index (χ1n) is 8.51. The van der Waals surface area contributed by atoms with Crippen LogP contribution in [0.2, 0.25) is 0 Å². The summed E-state index contributed by atoms with van der Waals surface area (Å²) in [6, 6.07) is 32.2. The molecular weight excluding hydrogens is 372 g/mol. The van der Waals surface area contributed by atoms with Gasteiger partial charge in [-0.15, -0.1) is 11.3 Å². The smallest absolute Gasteiger partial charge is 0.344 e. The van der Waals surface area contributed by atoms with Crippen LogP contribution in [-0.2, 0) is 10.9 Å². The lowest BCUT2D eigenvalue weighted by atomic mass is 10.2. The monoisotopic (exact) mass is 389 g/mol. The van der Waals surface area contributed by atoms with Crippen molar-refractivity contribution >= 4 is 28.2 Å². The van der Waals surface area contributed by atoms with Gasteiger partial charge in [-0.1, -0.05) is 42.5 Å². The molecule has 132 valence electrons. The molecule has 4 rings (SSSR count). The lowest BCUT2D eigenvalue weighted by Crippen LogP contribution is -2.10. The van der Waals surface area contributed by atoms with Gasteiger partial charge in [0.25, 0.3) is 0 Å². The van der Waals surface area contributed by atoms with Crippen LogP contribution in [0.15, 0.2) is 117 Å². The fraction of sp³-hybridized carbons (Fsp3) is 0. The summed E-state index contributed by atoms with van der Waals surface area (Å²) < 4.78 is 5.47. The van der Waals surface area contributed by atoms with Crippen LogP contribution >= 0.6 is 11.3 Å². The maximum absolute atomic E-state index is 12.5. The second kappa shape index (κ2) is 8.25. The Hall–Kier alpha value is -2.82. The van der Waals surface area contributed by atoms with Crippen LogP contribution < -0.4 is 4.74 Å². The SMILES string of the molecule is O=C(Oc1cccs1)c1cccc([S+](c2ccccc2)c2ccccc2)c1. The molecule has 0 saturated carbocycles. The number of rotatable bonds is 5. The van der Waals surface area contributed by atoms with Gasteiger partial charge in [-0.3, -0.25) is 0 Å². The molecule has 1 heterocycles. The highest BCUT2D eigenvalue weighted by molar-refractivity contribution is 7.97. The Labute approximate surface area is 165 Å². The van der Waals surface area contributed by atoms with Crippen LogP contribution in [0, 0.1) is 0 Å². The largest absolute Gasteiger partial charge is 0.412 e. The third-order valence-corrected chi connectivity index (χ3v) is 6.91. The van der Waals surface area contributed by atoms with E-state index in [1.165, 1.54) is 21.1 Å². The number of ether oxygens (including phenoxy) is 1. The number of benzene rings is 3. The van der Waals surface area contributed by atoms with Gasteiger partial charge in [-0.05, 0) is 53.9 Å². The average molecular weight is 390 g/mol. The minimum absolute atomic E-state index is 0.285. The van der Waals surface area contributed by atoms with Gasteiger partial charge in [0.1, 0.15) is 0 Å². The Bertz CT molecular complexity index is 973. The van der Waals surface area contributed by atoms with Gasteiger partial charge in [-0.25, -0.2) is 4.79 Å². The molecule has 0 N–H and O–H groups in total. The second-order valence-corrected chi connectivity index (χ2v) is 8.72. The van der Waals surface area contributed by atoms with Crippen molar-refractivity contribution in [2.75, 3.05) is 0 Å². The number of esters is 1. The maximum atomic E-state index is 12.5. The molecule has 0 radical (unpaired) electrons. The second-order valence-electron chi connectivity index (χ2n) is 5.78. The molecule has 27 heavy (non-hydrogen) atoms. The van der Waals surface area contributed by atoms with Crippen LogP contribution in [0.5, 0.6) is 5.06 Å². The van der Waals surface area contributed by atoms with Crippen molar-refractivity contribution in [1.29, 1.82) is 0 Å². The van der Waals surface area contributed by atoms with Crippen LogP contribution in [0.3, 0.4) is 0 Å². The van der Waals surface area contributed by atoms with E-state index in [0.717, 1.165) is 4.90 Å². The Morgan fingerprint density at radius 3 is 1.93 bits per heavy atom. The zero-order valence-electron chi connectivity index (χ0n) is 14.4. The summed E-state index contributed by atoms with van der Waals surface area (Å²) in [4.78, 5) is 16.1. The number of carbonyl (C=O) groups excluding carboxylic acids is 1. The maximum Gasteiger partial charge on any atom is 0.344 e. The zero-order chi connectivity index (χ0) is 18.5. The summed E-state index contributed by atoms with van der Waals surface area (Å²) in [6.45, 7) is 0. The standard InChI is InChI=1S/C23H17O2S2/c24-23(25-22-15-8-16-26-22)18-9-7-14-21(17-18)27(19-10-3-1-4-11-19)20-12-5-2-6-13-20/h1-17H/q+1. The highest BCUT2D eigenvalue weighted by Crippen LogP contribution is 2.31. The van der Waals surface area contributed by atoms with E-state index in [1.807, 2.05) is 60.0 Å². The van der Waals surface area contributed by atoms with E-state index in [4.69, 9.17) is 4.74 Å². The molecular formula is C23H17O2S2+. The van der Waals surface area contributed by atoms with E-state index >= 15 is 0 Å². The molecule has 1 aromatic heterocycles. The minimum Gasteiger partial charge on any atom is -0.412 e. The van der Waals surface area contributed by atoms with Gasteiger partial charge in [0.15, 0.2) is 19.7 Å². The molecule has 4 aromatic rings. The molecule has 0 fully saturated rings. The van der Waals surface area contributed by atoms with E-state index in [2.05, 4.69) is 30.3 Å². The van der Waals surface area contributed by atoms with E-state index in [1.54, 1.807) is 12.1 Å². The van der Waals surface area contributed by atoms with Gasteiger partial charge in [-0.2, -0.15) is 0 Å². The third-order valence-electron chi connectivity index (χ3n) is 3.95. The average Bonchev–Trinajstić information content (AvgIpc) is 3.23. The molecule has 0 aliphatic rings. The summed E-state index contributed by atoms with van der Waals surface area (Å²) in [6.07, 6.45) is 0. The van der Waals surface area contributed by atoms with Crippen molar-refractivity contribution in [3.8, 4) is 5.06 Å². The molecule has 3 aromatic carbocycles. The summed E-state index contributed by atoms with van der Waals surface area (Å²) in [5.41, 5.74) is 0.560. The first kappa shape index (κ1) is 17.6. The number of hydrogen-bond donors (Lipinski definition) is 0. The minimum atomic E-state index is -0.330.